The van der Waals surface area contributed by atoms with Gasteiger partial charge in [-0.2, -0.15) is 10.1 Å². The number of hydrogen-bond acceptors (Lipinski definition) is 4. The van der Waals surface area contributed by atoms with Gasteiger partial charge in [-0.3, -0.25) is 4.79 Å². The average Bonchev–Trinajstić information content (AvgIpc) is 2.96. The number of hydrogen-bond donors (Lipinski definition) is 0. The molecule has 0 bridgehead atoms. The topological polar surface area (TPSA) is 51.1 Å². The van der Waals surface area contributed by atoms with Crippen molar-refractivity contribution in [3.8, 4) is 11.5 Å². The third kappa shape index (κ3) is 4.25. The van der Waals surface area contributed by atoms with Gasteiger partial charge in [-0.15, -0.1) is 0 Å². The Hall–Kier alpha value is -3.08. The molecule has 146 valence electrons. The molecular weight excluding hydrogens is 352 g/mol. The van der Waals surface area contributed by atoms with Crippen molar-refractivity contribution in [1.82, 2.24) is 0 Å². The number of hydrazone groups is 1. The summed E-state index contributed by atoms with van der Waals surface area (Å²) in [6, 6.07) is 13.5. The molecule has 0 radical (unpaired) electrons. The van der Waals surface area contributed by atoms with E-state index in [9.17, 15) is 4.79 Å². The zero-order valence-electron chi connectivity index (χ0n) is 16.9. The SMILES string of the molecule is CCCOc1ccc(/C=C2\C(=O)N(c3cccc(C)c3)N=C2C)cc1OCC. The molecule has 0 atom stereocenters. The van der Waals surface area contributed by atoms with Crippen LogP contribution in [0, 0.1) is 6.92 Å². The molecular formula is C23H26N2O3. The normalized spacial score (nSPS) is 15.1. The van der Waals surface area contributed by atoms with Gasteiger partial charge in [-0.25, -0.2) is 0 Å². The van der Waals surface area contributed by atoms with Crippen LogP contribution in [0.3, 0.4) is 0 Å². The number of ether oxygens (including phenoxy) is 2. The largest absolute Gasteiger partial charge is 0.490 e. The van der Waals surface area contributed by atoms with Crippen LogP contribution in [-0.4, -0.2) is 24.8 Å². The lowest BCUT2D eigenvalue weighted by atomic mass is 10.1. The fourth-order valence-corrected chi connectivity index (χ4v) is 3.00. The molecule has 2 aromatic rings. The first-order valence-corrected chi connectivity index (χ1v) is 9.61. The first-order valence-electron chi connectivity index (χ1n) is 9.61. The molecule has 1 amide bonds. The second kappa shape index (κ2) is 8.74. The van der Waals surface area contributed by atoms with Gasteiger partial charge in [0.1, 0.15) is 0 Å². The van der Waals surface area contributed by atoms with Gasteiger partial charge < -0.3 is 9.47 Å². The van der Waals surface area contributed by atoms with Gasteiger partial charge in [0.25, 0.3) is 5.91 Å². The number of aryl methyl sites for hydroxylation is 1. The monoisotopic (exact) mass is 378 g/mol. The summed E-state index contributed by atoms with van der Waals surface area (Å²) in [5.41, 5.74) is 3.99. The summed E-state index contributed by atoms with van der Waals surface area (Å²) in [7, 11) is 0. The van der Waals surface area contributed by atoms with Crippen LogP contribution in [0.5, 0.6) is 11.5 Å². The minimum absolute atomic E-state index is 0.132. The maximum Gasteiger partial charge on any atom is 0.280 e. The highest BCUT2D eigenvalue weighted by Crippen LogP contribution is 2.31. The van der Waals surface area contributed by atoms with Gasteiger partial charge >= 0.3 is 0 Å². The lowest BCUT2D eigenvalue weighted by Crippen LogP contribution is -2.21. The van der Waals surface area contributed by atoms with Gasteiger partial charge in [-0.05, 0) is 68.7 Å². The summed E-state index contributed by atoms with van der Waals surface area (Å²) in [6.45, 7) is 9.02. The van der Waals surface area contributed by atoms with Crippen molar-refractivity contribution in [2.45, 2.75) is 34.1 Å². The van der Waals surface area contributed by atoms with Crippen LogP contribution in [0.2, 0.25) is 0 Å². The standard InChI is InChI=1S/C23H26N2O3/c1-5-12-28-21-11-10-18(15-22(21)27-6-2)14-20-17(4)24-25(23(20)26)19-9-7-8-16(3)13-19/h7-11,13-15H,5-6,12H2,1-4H3/b20-14-. The average molecular weight is 378 g/mol. The van der Waals surface area contributed by atoms with Crippen molar-refractivity contribution < 1.29 is 14.3 Å². The maximum atomic E-state index is 12.9. The van der Waals surface area contributed by atoms with E-state index in [0.29, 0.717) is 30.2 Å². The lowest BCUT2D eigenvalue weighted by Gasteiger charge is -2.13. The quantitative estimate of drug-likeness (QED) is 0.638. The number of amides is 1. The van der Waals surface area contributed by atoms with Crippen LogP contribution in [-0.2, 0) is 4.79 Å². The van der Waals surface area contributed by atoms with Crippen LogP contribution >= 0.6 is 0 Å². The molecule has 0 aliphatic carbocycles. The van der Waals surface area contributed by atoms with Crippen LogP contribution in [0.15, 0.2) is 53.1 Å². The van der Waals surface area contributed by atoms with Gasteiger partial charge in [0.15, 0.2) is 11.5 Å². The number of nitrogens with zero attached hydrogens (tertiary/aromatic N) is 2. The summed E-state index contributed by atoms with van der Waals surface area (Å²) in [4.78, 5) is 12.9. The minimum Gasteiger partial charge on any atom is -0.490 e. The van der Waals surface area contributed by atoms with E-state index in [0.717, 1.165) is 29.0 Å². The second-order valence-corrected chi connectivity index (χ2v) is 6.69. The molecule has 1 aliphatic heterocycles. The van der Waals surface area contributed by atoms with E-state index >= 15 is 0 Å². The molecule has 2 aromatic carbocycles. The molecule has 0 N–H and O–H groups in total. The Bertz CT molecular complexity index is 931. The predicted molar refractivity (Wildman–Crippen MR) is 113 cm³/mol. The third-order valence-electron chi connectivity index (χ3n) is 4.35. The highest BCUT2D eigenvalue weighted by atomic mass is 16.5. The Kier molecular flexibility index (Phi) is 6.14. The fourth-order valence-electron chi connectivity index (χ4n) is 3.00. The third-order valence-corrected chi connectivity index (χ3v) is 4.35. The van der Waals surface area contributed by atoms with Crippen molar-refractivity contribution in [2.24, 2.45) is 5.10 Å². The highest BCUT2D eigenvalue weighted by Gasteiger charge is 2.28. The molecule has 0 saturated heterocycles. The van der Waals surface area contributed by atoms with Crippen molar-refractivity contribution >= 4 is 23.4 Å². The summed E-state index contributed by atoms with van der Waals surface area (Å²) >= 11 is 0. The minimum atomic E-state index is -0.132. The molecule has 28 heavy (non-hydrogen) atoms. The number of carbonyl (C=O) groups excluding carboxylic acids is 1. The van der Waals surface area contributed by atoms with E-state index in [1.54, 1.807) is 0 Å². The lowest BCUT2D eigenvalue weighted by molar-refractivity contribution is -0.114. The summed E-state index contributed by atoms with van der Waals surface area (Å²) in [5, 5.41) is 5.91. The van der Waals surface area contributed by atoms with Crippen LogP contribution in [0.25, 0.3) is 6.08 Å². The van der Waals surface area contributed by atoms with Crippen molar-refractivity contribution in [3.63, 3.8) is 0 Å². The Morgan fingerprint density at radius 3 is 2.57 bits per heavy atom. The predicted octanol–water partition coefficient (Wildman–Crippen LogP) is 4.99. The van der Waals surface area contributed by atoms with E-state index in [1.807, 2.05) is 69.3 Å². The van der Waals surface area contributed by atoms with Crippen LogP contribution in [0.1, 0.15) is 38.3 Å². The number of benzene rings is 2. The Morgan fingerprint density at radius 1 is 1.04 bits per heavy atom. The number of anilines is 1. The Morgan fingerprint density at radius 2 is 1.86 bits per heavy atom. The first kappa shape index (κ1) is 19.7. The van der Waals surface area contributed by atoms with E-state index in [1.165, 1.54) is 5.01 Å². The maximum absolute atomic E-state index is 12.9. The summed E-state index contributed by atoms with van der Waals surface area (Å²) < 4.78 is 11.5. The molecule has 0 fully saturated rings. The van der Waals surface area contributed by atoms with Gasteiger partial charge in [0.2, 0.25) is 0 Å². The molecule has 1 heterocycles. The second-order valence-electron chi connectivity index (χ2n) is 6.69. The fraction of sp³-hybridized carbons (Fsp3) is 0.304. The van der Waals surface area contributed by atoms with Crippen molar-refractivity contribution in [1.29, 1.82) is 0 Å². The van der Waals surface area contributed by atoms with Crippen molar-refractivity contribution in [2.75, 3.05) is 18.2 Å². The smallest absolute Gasteiger partial charge is 0.280 e. The molecule has 0 unspecified atom stereocenters. The summed E-state index contributed by atoms with van der Waals surface area (Å²) in [6.07, 6.45) is 2.78. The van der Waals surface area contributed by atoms with Gasteiger partial charge in [0, 0.05) is 0 Å². The van der Waals surface area contributed by atoms with E-state index in [4.69, 9.17) is 9.47 Å². The van der Waals surface area contributed by atoms with E-state index in [2.05, 4.69) is 12.0 Å². The molecule has 3 rings (SSSR count). The van der Waals surface area contributed by atoms with E-state index in [-0.39, 0.29) is 5.91 Å². The molecule has 1 aliphatic rings. The zero-order valence-corrected chi connectivity index (χ0v) is 16.9. The molecule has 0 spiro atoms. The summed E-state index contributed by atoms with van der Waals surface area (Å²) in [5.74, 6) is 1.27. The number of rotatable bonds is 7. The van der Waals surface area contributed by atoms with Crippen LogP contribution in [0.4, 0.5) is 5.69 Å². The molecule has 0 aromatic heterocycles. The van der Waals surface area contributed by atoms with Crippen LogP contribution < -0.4 is 14.5 Å². The first-order chi connectivity index (χ1) is 13.5. The van der Waals surface area contributed by atoms with Crippen molar-refractivity contribution in [3.05, 3.63) is 59.2 Å². The Labute approximate surface area is 166 Å². The zero-order chi connectivity index (χ0) is 20.1. The highest BCUT2D eigenvalue weighted by molar-refractivity contribution is 6.32. The number of carbonyl (C=O) groups is 1. The molecule has 5 heteroatoms. The van der Waals surface area contributed by atoms with Gasteiger partial charge in [0.05, 0.1) is 30.2 Å². The molecule has 5 nitrogen and oxygen atoms in total. The van der Waals surface area contributed by atoms with E-state index < -0.39 is 0 Å². The Balaban J connectivity index is 1.89. The van der Waals surface area contributed by atoms with Gasteiger partial charge in [-0.1, -0.05) is 25.1 Å². The molecule has 0 saturated carbocycles.